The maximum atomic E-state index is 14.0. The van der Waals surface area contributed by atoms with Crippen molar-refractivity contribution in [1.82, 2.24) is 10.2 Å². The van der Waals surface area contributed by atoms with Crippen LogP contribution in [0.3, 0.4) is 0 Å². The zero-order valence-corrected chi connectivity index (χ0v) is 22.3. The second-order valence-corrected chi connectivity index (χ2v) is 10.3. The lowest BCUT2D eigenvalue weighted by molar-refractivity contribution is -0.274. The molecule has 0 aliphatic carbocycles. The molecule has 0 radical (unpaired) electrons. The van der Waals surface area contributed by atoms with Gasteiger partial charge in [-0.05, 0) is 66.6 Å². The highest BCUT2D eigenvalue weighted by Gasteiger charge is 2.44. The van der Waals surface area contributed by atoms with E-state index in [-0.39, 0.29) is 12.5 Å². The average molecular weight is 590 g/mol. The van der Waals surface area contributed by atoms with Gasteiger partial charge in [0, 0.05) is 38.0 Å². The number of piperidine rings is 1. The molecule has 1 unspecified atom stereocenters. The number of fused-ring (bicyclic) bond motifs is 2. The number of rotatable bonds is 8. The van der Waals surface area contributed by atoms with Crippen LogP contribution >= 0.6 is 0 Å². The lowest BCUT2D eigenvalue weighted by Crippen LogP contribution is -2.48. The first kappa shape index (κ1) is 29.3. The van der Waals surface area contributed by atoms with E-state index in [1.807, 2.05) is 0 Å². The molecule has 1 fully saturated rings. The fraction of sp³-hybridized carbons (Fsp3) is 0.333. The molecule has 0 saturated carbocycles. The van der Waals surface area contributed by atoms with Gasteiger partial charge in [-0.3, -0.25) is 10.1 Å². The Morgan fingerprint density at radius 1 is 1.02 bits per heavy atom. The van der Waals surface area contributed by atoms with E-state index in [0.29, 0.717) is 61.3 Å². The summed E-state index contributed by atoms with van der Waals surface area (Å²) in [7, 11) is 0. The van der Waals surface area contributed by atoms with Crippen LogP contribution in [0.2, 0.25) is 0 Å². The number of benzene rings is 3. The summed E-state index contributed by atoms with van der Waals surface area (Å²) < 4.78 is 75.1. The molecule has 2 heterocycles. The molecule has 3 aromatic carbocycles. The molecule has 0 aromatic heterocycles. The molecule has 222 valence electrons. The Balaban J connectivity index is 1.24. The van der Waals surface area contributed by atoms with Crippen LogP contribution in [-0.2, 0) is 21.7 Å². The third kappa shape index (κ3) is 6.99. The van der Waals surface area contributed by atoms with Gasteiger partial charge < -0.3 is 19.7 Å². The van der Waals surface area contributed by atoms with Gasteiger partial charge in [0.05, 0.1) is 11.6 Å². The Morgan fingerprint density at radius 2 is 1.74 bits per heavy atom. The van der Waals surface area contributed by atoms with Crippen molar-refractivity contribution in [3.05, 3.63) is 95.1 Å². The predicted molar refractivity (Wildman–Crippen MR) is 143 cm³/mol. The fourth-order valence-corrected chi connectivity index (χ4v) is 5.50. The van der Waals surface area contributed by atoms with Crippen molar-refractivity contribution in [3.63, 3.8) is 0 Å². The molecule has 5 rings (SSSR count). The van der Waals surface area contributed by atoms with Crippen LogP contribution in [0.5, 0.6) is 5.75 Å². The molecular formula is C30H28F5N3O4. The summed E-state index contributed by atoms with van der Waals surface area (Å²) in [6, 6.07) is 15.1. The number of ether oxygens (including phenoxy) is 2. The molecule has 12 heteroatoms. The average Bonchev–Trinajstić information content (AvgIpc) is 2.94. The number of halogens is 5. The van der Waals surface area contributed by atoms with Crippen molar-refractivity contribution in [3.8, 4) is 5.75 Å². The molecule has 2 amide bonds. The van der Waals surface area contributed by atoms with Crippen LogP contribution in [0.4, 0.5) is 32.4 Å². The van der Waals surface area contributed by atoms with Crippen LogP contribution in [0, 0.1) is 11.6 Å². The van der Waals surface area contributed by atoms with Crippen molar-refractivity contribution >= 4 is 17.7 Å². The third-order valence-corrected chi connectivity index (χ3v) is 7.58. The van der Waals surface area contributed by atoms with Crippen LogP contribution in [0.25, 0.3) is 0 Å². The molecule has 3 aromatic rings. The van der Waals surface area contributed by atoms with E-state index in [1.54, 1.807) is 6.07 Å². The SMILES string of the molecule is O=C1Nc2ccc(F)cc2C2(CCN(CCC(C(=O)NCc3cccc(OC(F)(F)F)c3)c3ccc(F)cc3)CC2)O1. The van der Waals surface area contributed by atoms with Crippen LogP contribution in [-0.4, -0.2) is 42.9 Å². The minimum atomic E-state index is -4.83. The highest BCUT2D eigenvalue weighted by Crippen LogP contribution is 2.44. The number of carbonyl (C=O) groups excluding carboxylic acids is 2. The molecule has 2 aliphatic heterocycles. The molecule has 1 spiro atoms. The summed E-state index contributed by atoms with van der Waals surface area (Å²) in [5, 5.41) is 5.38. The van der Waals surface area contributed by atoms with Gasteiger partial charge in [-0.2, -0.15) is 0 Å². The maximum Gasteiger partial charge on any atom is 0.573 e. The van der Waals surface area contributed by atoms with Gasteiger partial charge in [0.2, 0.25) is 5.91 Å². The Morgan fingerprint density at radius 3 is 2.45 bits per heavy atom. The van der Waals surface area contributed by atoms with Crippen molar-refractivity contribution < 1.29 is 41.0 Å². The summed E-state index contributed by atoms with van der Waals surface area (Å²) in [5.41, 5.74) is 1.17. The molecule has 0 bridgehead atoms. The number of nitrogens with one attached hydrogen (secondary N) is 2. The highest BCUT2D eigenvalue weighted by molar-refractivity contribution is 5.89. The van der Waals surface area contributed by atoms with Gasteiger partial charge in [0.1, 0.15) is 23.0 Å². The second-order valence-electron chi connectivity index (χ2n) is 10.3. The zero-order chi connectivity index (χ0) is 29.9. The van der Waals surface area contributed by atoms with Gasteiger partial charge in [0.15, 0.2) is 0 Å². The topological polar surface area (TPSA) is 79.9 Å². The number of nitrogens with zero attached hydrogens (tertiary/aromatic N) is 1. The first-order valence-corrected chi connectivity index (χ1v) is 13.4. The maximum absolute atomic E-state index is 14.0. The number of alkyl halides is 3. The summed E-state index contributed by atoms with van der Waals surface area (Å²) in [6.07, 6.45) is -4.19. The largest absolute Gasteiger partial charge is 0.573 e. The highest BCUT2D eigenvalue weighted by atomic mass is 19.4. The fourth-order valence-electron chi connectivity index (χ4n) is 5.50. The second kappa shape index (κ2) is 12.0. The Bertz CT molecular complexity index is 1440. The summed E-state index contributed by atoms with van der Waals surface area (Å²) in [4.78, 5) is 27.6. The zero-order valence-electron chi connectivity index (χ0n) is 22.3. The number of hydrogen-bond acceptors (Lipinski definition) is 5. The standard InChI is InChI=1S/C30H28F5N3O4/c31-21-6-4-20(5-7-21)24(27(39)36-18-19-2-1-3-23(16-19)41-30(33,34)35)10-13-38-14-11-29(12-15-38)25-17-22(32)8-9-26(25)37-28(40)42-29/h1-9,16-17,24H,10-15,18H2,(H,36,39)(H,37,40). The minimum Gasteiger partial charge on any atom is -0.438 e. The quantitative estimate of drug-likeness (QED) is 0.306. The number of hydrogen-bond donors (Lipinski definition) is 2. The Labute approximate surface area is 238 Å². The van der Waals surface area contributed by atoms with E-state index in [0.717, 1.165) is 0 Å². The lowest BCUT2D eigenvalue weighted by atomic mass is 9.82. The van der Waals surface area contributed by atoms with E-state index < -0.39 is 41.4 Å². The number of amides is 2. The van der Waals surface area contributed by atoms with Gasteiger partial charge in [-0.25, -0.2) is 13.6 Å². The first-order valence-electron chi connectivity index (χ1n) is 13.4. The molecular weight excluding hydrogens is 561 g/mol. The van der Waals surface area contributed by atoms with E-state index in [1.165, 1.54) is 60.7 Å². The van der Waals surface area contributed by atoms with E-state index in [9.17, 15) is 31.5 Å². The molecule has 42 heavy (non-hydrogen) atoms. The normalized spacial score (nSPS) is 17.1. The molecule has 1 saturated heterocycles. The lowest BCUT2D eigenvalue weighted by Gasteiger charge is -2.44. The Hall–Kier alpha value is -4.19. The van der Waals surface area contributed by atoms with Crippen molar-refractivity contribution in [1.29, 1.82) is 0 Å². The number of likely N-dealkylation sites (tertiary alicyclic amines) is 1. The van der Waals surface area contributed by atoms with Crippen molar-refractivity contribution in [2.45, 2.75) is 43.7 Å². The van der Waals surface area contributed by atoms with E-state index >= 15 is 0 Å². The smallest absolute Gasteiger partial charge is 0.438 e. The van der Waals surface area contributed by atoms with Gasteiger partial charge >= 0.3 is 12.5 Å². The predicted octanol–water partition coefficient (Wildman–Crippen LogP) is 6.21. The minimum absolute atomic E-state index is 0.0345. The van der Waals surface area contributed by atoms with Crippen LogP contribution in [0.15, 0.2) is 66.7 Å². The van der Waals surface area contributed by atoms with Crippen LogP contribution < -0.4 is 15.4 Å². The number of carbonyl (C=O) groups is 2. The Kier molecular flexibility index (Phi) is 8.35. The van der Waals surface area contributed by atoms with Crippen molar-refractivity contribution in [2.75, 3.05) is 25.0 Å². The molecule has 2 aliphatic rings. The summed E-state index contributed by atoms with van der Waals surface area (Å²) in [5.74, 6) is -2.30. The van der Waals surface area contributed by atoms with Gasteiger partial charge in [-0.1, -0.05) is 24.3 Å². The number of anilines is 1. The molecule has 7 nitrogen and oxygen atoms in total. The third-order valence-electron chi connectivity index (χ3n) is 7.58. The first-order chi connectivity index (χ1) is 20.0. The van der Waals surface area contributed by atoms with Gasteiger partial charge in [0.25, 0.3) is 0 Å². The van der Waals surface area contributed by atoms with E-state index in [2.05, 4.69) is 20.3 Å². The summed E-state index contributed by atoms with van der Waals surface area (Å²) >= 11 is 0. The van der Waals surface area contributed by atoms with Gasteiger partial charge in [-0.15, -0.1) is 13.2 Å². The van der Waals surface area contributed by atoms with Crippen LogP contribution in [0.1, 0.15) is 41.9 Å². The van der Waals surface area contributed by atoms with Crippen molar-refractivity contribution in [2.24, 2.45) is 0 Å². The molecule has 2 N–H and O–H groups in total. The monoisotopic (exact) mass is 589 g/mol. The molecule has 1 atom stereocenters. The summed E-state index contributed by atoms with van der Waals surface area (Å²) in [6.45, 7) is 1.50. The van der Waals surface area contributed by atoms with E-state index in [4.69, 9.17) is 4.74 Å².